The van der Waals surface area contributed by atoms with Crippen LogP contribution in [0.5, 0.6) is 5.75 Å². The molecule has 1 N–H and O–H groups in total. The Hall–Kier alpha value is -4.06. The van der Waals surface area contributed by atoms with Crippen molar-refractivity contribution < 1.29 is 19.4 Å². The molecule has 0 saturated carbocycles. The highest BCUT2D eigenvalue weighted by Gasteiger charge is 2.47. The molecule has 1 aliphatic rings. The van der Waals surface area contributed by atoms with E-state index in [2.05, 4.69) is 18.7 Å². The lowest BCUT2D eigenvalue weighted by Crippen LogP contribution is -2.29. The Morgan fingerprint density at radius 1 is 0.944 bits per heavy atom. The standard InChI is InChI=1S/C30H32N2O4/c1-6-31(7-2)22-14-10-21(11-15-22)27-26(28(33)25-17-16-24(36-5)18-20(25)4)29(34)30(35)32(27)23-12-8-19(3)9-13-23/h8-18,27,33H,6-7H2,1-5H3/b28-26-. The number of aryl methyl sites for hydroxylation is 2. The van der Waals surface area contributed by atoms with Crippen LogP contribution in [0.3, 0.4) is 0 Å². The van der Waals surface area contributed by atoms with Crippen molar-refractivity contribution in [2.24, 2.45) is 0 Å². The van der Waals surface area contributed by atoms with E-state index in [4.69, 9.17) is 4.74 Å². The number of ketones is 1. The number of anilines is 2. The van der Waals surface area contributed by atoms with Gasteiger partial charge in [-0.2, -0.15) is 0 Å². The molecule has 0 aromatic heterocycles. The second-order valence-electron chi connectivity index (χ2n) is 8.95. The molecule has 1 fully saturated rings. The van der Waals surface area contributed by atoms with Crippen molar-refractivity contribution in [1.82, 2.24) is 0 Å². The molecule has 6 nitrogen and oxygen atoms in total. The molecule has 6 heteroatoms. The van der Waals surface area contributed by atoms with E-state index < -0.39 is 17.7 Å². The molecule has 3 aromatic rings. The van der Waals surface area contributed by atoms with Gasteiger partial charge in [0, 0.05) is 30.0 Å². The fourth-order valence-corrected chi connectivity index (χ4v) is 4.75. The number of Topliss-reactive ketones (excluding diaryl/α,β-unsaturated/α-hetero) is 1. The van der Waals surface area contributed by atoms with E-state index in [1.165, 1.54) is 4.90 Å². The highest BCUT2D eigenvalue weighted by molar-refractivity contribution is 6.51. The van der Waals surface area contributed by atoms with Gasteiger partial charge in [-0.1, -0.05) is 29.8 Å². The van der Waals surface area contributed by atoms with E-state index in [1.807, 2.05) is 62.4 Å². The Bertz CT molecular complexity index is 1310. The van der Waals surface area contributed by atoms with Gasteiger partial charge in [-0.15, -0.1) is 0 Å². The fraction of sp³-hybridized carbons (Fsp3) is 0.267. The van der Waals surface area contributed by atoms with Gasteiger partial charge in [-0.25, -0.2) is 0 Å². The van der Waals surface area contributed by atoms with Gasteiger partial charge >= 0.3 is 0 Å². The third kappa shape index (κ3) is 4.47. The monoisotopic (exact) mass is 484 g/mol. The predicted molar refractivity (Wildman–Crippen MR) is 144 cm³/mol. The molecule has 0 bridgehead atoms. The lowest BCUT2D eigenvalue weighted by molar-refractivity contribution is -0.132. The van der Waals surface area contributed by atoms with Gasteiger partial charge in [0.25, 0.3) is 11.7 Å². The highest BCUT2D eigenvalue weighted by atomic mass is 16.5. The number of aliphatic hydroxyl groups is 1. The van der Waals surface area contributed by atoms with E-state index in [0.29, 0.717) is 17.0 Å². The summed E-state index contributed by atoms with van der Waals surface area (Å²) in [6.45, 7) is 9.74. The van der Waals surface area contributed by atoms with Crippen molar-refractivity contribution in [2.45, 2.75) is 33.7 Å². The van der Waals surface area contributed by atoms with Crippen molar-refractivity contribution in [3.05, 3.63) is 94.6 Å². The Morgan fingerprint density at radius 3 is 2.14 bits per heavy atom. The van der Waals surface area contributed by atoms with Crippen molar-refractivity contribution >= 4 is 28.8 Å². The van der Waals surface area contributed by atoms with Gasteiger partial charge in [0.1, 0.15) is 11.5 Å². The van der Waals surface area contributed by atoms with Crippen LogP contribution in [0.25, 0.3) is 5.76 Å². The minimum absolute atomic E-state index is 0.0735. The van der Waals surface area contributed by atoms with E-state index in [-0.39, 0.29) is 11.3 Å². The molecule has 4 rings (SSSR count). The smallest absolute Gasteiger partial charge is 0.300 e. The molecule has 1 amide bonds. The van der Waals surface area contributed by atoms with Crippen LogP contribution in [-0.2, 0) is 9.59 Å². The maximum atomic E-state index is 13.4. The molecule has 36 heavy (non-hydrogen) atoms. The summed E-state index contributed by atoms with van der Waals surface area (Å²) in [5.41, 5.74) is 4.76. The summed E-state index contributed by atoms with van der Waals surface area (Å²) in [5, 5.41) is 11.4. The average Bonchev–Trinajstić information content (AvgIpc) is 3.15. The quantitative estimate of drug-likeness (QED) is 0.261. The Balaban J connectivity index is 1.90. The first-order chi connectivity index (χ1) is 17.3. The molecule has 1 aliphatic heterocycles. The molecule has 0 radical (unpaired) electrons. The zero-order chi connectivity index (χ0) is 26.0. The zero-order valence-electron chi connectivity index (χ0n) is 21.4. The summed E-state index contributed by atoms with van der Waals surface area (Å²) in [7, 11) is 1.57. The summed E-state index contributed by atoms with van der Waals surface area (Å²) in [6, 6.07) is 19.8. The molecule has 1 heterocycles. The van der Waals surface area contributed by atoms with Crippen LogP contribution >= 0.6 is 0 Å². The number of hydrogen-bond acceptors (Lipinski definition) is 5. The van der Waals surface area contributed by atoms with E-state index >= 15 is 0 Å². The minimum atomic E-state index is -0.764. The SMILES string of the molecule is CCN(CC)c1ccc(C2/C(=C(/O)c3ccc(OC)cc3C)C(=O)C(=O)N2c2ccc(C)cc2)cc1. The predicted octanol–water partition coefficient (Wildman–Crippen LogP) is 5.78. The molecule has 3 aromatic carbocycles. The Labute approximate surface area is 212 Å². The maximum Gasteiger partial charge on any atom is 0.300 e. The van der Waals surface area contributed by atoms with E-state index in [9.17, 15) is 14.7 Å². The molecule has 186 valence electrons. The second-order valence-corrected chi connectivity index (χ2v) is 8.95. The summed E-state index contributed by atoms with van der Waals surface area (Å²) in [4.78, 5) is 30.5. The average molecular weight is 485 g/mol. The van der Waals surface area contributed by atoms with Gasteiger partial charge in [-0.3, -0.25) is 14.5 Å². The van der Waals surface area contributed by atoms with Gasteiger partial charge in [0.2, 0.25) is 0 Å². The topological polar surface area (TPSA) is 70.1 Å². The van der Waals surface area contributed by atoms with Crippen LogP contribution in [0, 0.1) is 13.8 Å². The number of rotatable bonds is 7. The lowest BCUT2D eigenvalue weighted by Gasteiger charge is -2.27. The molecular formula is C30H32N2O4. The molecule has 1 unspecified atom stereocenters. The van der Waals surface area contributed by atoms with Crippen molar-refractivity contribution in [2.75, 3.05) is 30.0 Å². The number of ether oxygens (including phenoxy) is 1. The third-order valence-electron chi connectivity index (χ3n) is 6.78. The van der Waals surface area contributed by atoms with E-state index in [1.54, 1.807) is 25.3 Å². The van der Waals surface area contributed by atoms with Gasteiger partial charge in [0.05, 0.1) is 18.7 Å². The number of carbonyl (C=O) groups is 2. The van der Waals surface area contributed by atoms with Crippen LogP contribution in [0.1, 0.15) is 42.1 Å². The zero-order valence-corrected chi connectivity index (χ0v) is 21.4. The first-order valence-electron chi connectivity index (χ1n) is 12.2. The number of carbonyl (C=O) groups excluding carboxylic acids is 2. The summed E-state index contributed by atoms with van der Waals surface area (Å²) in [6.07, 6.45) is 0. The molecular weight excluding hydrogens is 452 g/mol. The maximum absolute atomic E-state index is 13.4. The van der Waals surface area contributed by atoms with Gasteiger partial charge in [-0.05, 0) is 81.3 Å². The number of benzene rings is 3. The summed E-state index contributed by atoms with van der Waals surface area (Å²) >= 11 is 0. The van der Waals surface area contributed by atoms with Gasteiger partial charge < -0.3 is 14.7 Å². The van der Waals surface area contributed by atoms with E-state index in [0.717, 1.165) is 35.5 Å². The number of methoxy groups -OCH3 is 1. The van der Waals surface area contributed by atoms with Crippen molar-refractivity contribution in [3.8, 4) is 5.75 Å². The molecule has 0 spiro atoms. The van der Waals surface area contributed by atoms with Crippen LogP contribution < -0.4 is 14.5 Å². The first-order valence-corrected chi connectivity index (χ1v) is 12.2. The Kier molecular flexibility index (Phi) is 7.15. The van der Waals surface area contributed by atoms with Crippen molar-refractivity contribution in [1.29, 1.82) is 0 Å². The normalized spacial score (nSPS) is 16.9. The number of amides is 1. The number of hydrogen-bond donors (Lipinski definition) is 1. The van der Waals surface area contributed by atoms with Crippen LogP contribution in [-0.4, -0.2) is 37.0 Å². The van der Waals surface area contributed by atoms with Crippen LogP contribution in [0.15, 0.2) is 72.3 Å². The molecule has 0 aliphatic carbocycles. The number of nitrogens with zero attached hydrogens (tertiary/aromatic N) is 2. The van der Waals surface area contributed by atoms with Crippen LogP contribution in [0.2, 0.25) is 0 Å². The van der Waals surface area contributed by atoms with Crippen LogP contribution in [0.4, 0.5) is 11.4 Å². The second kappa shape index (κ2) is 10.3. The lowest BCUT2D eigenvalue weighted by atomic mass is 9.93. The Morgan fingerprint density at radius 2 is 1.58 bits per heavy atom. The van der Waals surface area contributed by atoms with Gasteiger partial charge in [0.15, 0.2) is 0 Å². The minimum Gasteiger partial charge on any atom is -0.507 e. The molecule has 1 atom stereocenters. The third-order valence-corrected chi connectivity index (χ3v) is 6.78. The summed E-state index contributed by atoms with van der Waals surface area (Å²) in [5.74, 6) is -0.917. The number of aliphatic hydroxyl groups excluding tert-OH is 1. The molecule has 1 saturated heterocycles. The largest absolute Gasteiger partial charge is 0.507 e. The summed E-state index contributed by atoms with van der Waals surface area (Å²) < 4.78 is 5.29. The van der Waals surface area contributed by atoms with Crippen molar-refractivity contribution in [3.63, 3.8) is 0 Å². The highest BCUT2D eigenvalue weighted by Crippen LogP contribution is 2.43. The first kappa shape index (κ1) is 25.0. The fourth-order valence-electron chi connectivity index (χ4n) is 4.75.